The number of methoxy groups -OCH3 is 1. The van der Waals surface area contributed by atoms with Gasteiger partial charge in [0.1, 0.15) is 11.4 Å². The molecule has 2 N–H and O–H groups in total. The van der Waals surface area contributed by atoms with Crippen LogP contribution in [0.2, 0.25) is 0 Å². The van der Waals surface area contributed by atoms with Crippen molar-refractivity contribution in [1.82, 2.24) is 9.97 Å². The van der Waals surface area contributed by atoms with Crippen molar-refractivity contribution in [2.24, 2.45) is 0 Å². The maximum atomic E-state index is 12.6. The fraction of sp³-hybridized carbons (Fsp3) is 0.100. The van der Waals surface area contributed by atoms with E-state index >= 15 is 0 Å². The molecule has 0 saturated heterocycles. The molecule has 0 unspecified atom stereocenters. The molecule has 0 radical (unpaired) electrons. The van der Waals surface area contributed by atoms with Crippen molar-refractivity contribution in [1.29, 1.82) is 5.26 Å². The van der Waals surface area contributed by atoms with Crippen LogP contribution < -0.4 is 15.4 Å². The maximum Gasteiger partial charge on any atom is 0.274 e. The van der Waals surface area contributed by atoms with Crippen LogP contribution in [0.15, 0.2) is 54.6 Å². The van der Waals surface area contributed by atoms with Crippen molar-refractivity contribution in [2.75, 3.05) is 17.7 Å². The average molecular weight is 359 g/mol. The van der Waals surface area contributed by atoms with Gasteiger partial charge in [-0.1, -0.05) is 12.1 Å². The number of hydrogen-bond donors (Lipinski definition) is 2. The Labute approximate surface area is 156 Å². The van der Waals surface area contributed by atoms with Crippen molar-refractivity contribution in [2.45, 2.75) is 6.92 Å². The van der Waals surface area contributed by atoms with Gasteiger partial charge in [-0.3, -0.25) is 4.79 Å². The molecule has 1 heterocycles. The van der Waals surface area contributed by atoms with Gasteiger partial charge >= 0.3 is 0 Å². The minimum absolute atomic E-state index is 0.226. The van der Waals surface area contributed by atoms with Crippen LogP contribution in [0.1, 0.15) is 21.7 Å². The lowest BCUT2D eigenvalue weighted by atomic mass is 10.2. The number of anilines is 3. The summed E-state index contributed by atoms with van der Waals surface area (Å²) in [5, 5.41) is 14.8. The molecule has 134 valence electrons. The van der Waals surface area contributed by atoms with E-state index in [0.717, 1.165) is 0 Å². The Hall–Kier alpha value is -3.92. The number of carbonyl (C=O) groups excluding carboxylic acids is 1. The van der Waals surface area contributed by atoms with E-state index in [2.05, 4.69) is 26.7 Å². The highest BCUT2D eigenvalue weighted by atomic mass is 16.5. The summed E-state index contributed by atoms with van der Waals surface area (Å²) in [6.45, 7) is 1.78. The van der Waals surface area contributed by atoms with Gasteiger partial charge in [0.25, 0.3) is 5.91 Å². The molecule has 0 atom stereocenters. The Kier molecular flexibility index (Phi) is 5.28. The second kappa shape index (κ2) is 7.97. The number of nitrogens with one attached hydrogen (secondary N) is 2. The molecule has 1 amide bonds. The quantitative estimate of drug-likeness (QED) is 0.721. The Bertz CT molecular complexity index is 1030. The number of aromatic nitrogens is 2. The van der Waals surface area contributed by atoms with E-state index < -0.39 is 0 Å². The third kappa shape index (κ3) is 4.58. The number of amides is 1. The first-order valence-electron chi connectivity index (χ1n) is 8.15. The zero-order valence-electron chi connectivity index (χ0n) is 14.9. The number of aryl methyl sites for hydroxylation is 1. The normalized spacial score (nSPS) is 9.96. The predicted molar refractivity (Wildman–Crippen MR) is 102 cm³/mol. The molecule has 2 aromatic carbocycles. The molecule has 7 nitrogen and oxygen atoms in total. The third-order valence-electron chi connectivity index (χ3n) is 3.66. The highest BCUT2D eigenvalue weighted by molar-refractivity contribution is 6.03. The summed E-state index contributed by atoms with van der Waals surface area (Å²) in [6, 6.07) is 17.7. The fourth-order valence-corrected chi connectivity index (χ4v) is 2.43. The Morgan fingerprint density at radius 1 is 1.07 bits per heavy atom. The molecule has 0 aliphatic heterocycles. The van der Waals surface area contributed by atoms with E-state index in [9.17, 15) is 4.79 Å². The van der Waals surface area contributed by atoms with Crippen LogP contribution in [-0.4, -0.2) is 23.0 Å². The summed E-state index contributed by atoms with van der Waals surface area (Å²) in [5.74, 6) is 0.565. The van der Waals surface area contributed by atoms with Gasteiger partial charge in [-0.2, -0.15) is 5.26 Å². The van der Waals surface area contributed by atoms with Gasteiger partial charge in [-0.25, -0.2) is 9.97 Å². The van der Waals surface area contributed by atoms with E-state index in [-0.39, 0.29) is 17.5 Å². The predicted octanol–water partition coefficient (Wildman–Crippen LogP) is 3.66. The van der Waals surface area contributed by atoms with E-state index in [1.807, 2.05) is 0 Å². The number of ether oxygens (including phenoxy) is 1. The first kappa shape index (κ1) is 17.9. The van der Waals surface area contributed by atoms with Gasteiger partial charge in [-0.15, -0.1) is 0 Å². The lowest BCUT2D eigenvalue weighted by Gasteiger charge is -2.10. The first-order chi connectivity index (χ1) is 13.1. The van der Waals surface area contributed by atoms with Gasteiger partial charge in [0.2, 0.25) is 5.95 Å². The molecule has 27 heavy (non-hydrogen) atoms. The van der Waals surface area contributed by atoms with E-state index in [1.54, 1.807) is 68.6 Å². The van der Waals surface area contributed by atoms with Crippen molar-refractivity contribution in [3.8, 4) is 11.8 Å². The number of hydrogen-bond acceptors (Lipinski definition) is 6. The highest BCUT2D eigenvalue weighted by Crippen LogP contribution is 2.19. The van der Waals surface area contributed by atoms with Crippen LogP contribution in [0.5, 0.6) is 5.75 Å². The SMILES string of the molecule is COc1cccc(NC(=O)c2cc(C)nc(Nc3cccc(C#N)c3)n2)c1. The minimum Gasteiger partial charge on any atom is -0.497 e. The number of rotatable bonds is 5. The lowest BCUT2D eigenvalue weighted by Crippen LogP contribution is -2.15. The standard InChI is InChI=1S/C20H17N5O2/c1-13-9-18(19(26)23-16-7-4-8-17(11-16)27-2)25-20(22-13)24-15-6-3-5-14(10-15)12-21/h3-11H,1-2H3,(H,23,26)(H,22,24,25). The molecular formula is C20H17N5O2. The summed E-state index contributed by atoms with van der Waals surface area (Å²) in [6.07, 6.45) is 0. The van der Waals surface area contributed by atoms with Gasteiger partial charge in [0, 0.05) is 23.1 Å². The Morgan fingerprint density at radius 3 is 2.63 bits per heavy atom. The minimum atomic E-state index is -0.359. The van der Waals surface area contributed by atoms with Crippen LogP contribution in [-0.2, 0) is 0 Å². The molecule has 7 heteroatoms. The molecule has 0 fully saturated rings. The van der Waals surface area contributed by atoms with Gasteiger partial charge in [0.15, 0.2) is 0 Å². The van der Waals surface area contributed by atoms with Crippen molar-refractivity contribution in [3.05, 3.63) is 71.5 Å². The summed E-state index contributed by atoms with van der Waals surface area (Å²) >= 11 is 0. The van der Waals surface area contributed by atoms with Crippen LogP contribution in [0.3, 0.4) is 0 Å². The van der Waals surface area contributed by atoms with Gasteiger partial charge in [0.05, 0.1) is 18.7 Å². The maximum absolute atomic E-state index is 12.6. The molecule has 0 aliphatic carbocycles. The zero-order valence-corrected chi connectivity index (χ0v) is 14.9. The lowest BCUT2D eigenvalue weighted by molar-refractivity contribution is 0.102. The molecule has 0 aliphatic rings. The summed E-state index contributed by atoms with van der Waals surface area (Å²) in [5.41, 5.74) is 2.65. The van der Waals surface area contributed by atoms with Crippen molar-refractivity contribution < 1.29 is 9.53 Å². The number of nitrogens with zero attached hydrogens (tertiary/aromatic N) is 3. The largest absolute Gasteiger partial charge is 0.497 e. The smallest absolute Gasteiger partial charge is 0.274 e. The van der Waals surface area contributed by atoms with Gasteiger partial charge < -0.3 is 15.4 Å². The first-order valence-corrected chi connectivity index (χ1v) is 8.15. The fourth-order valence-electron chi connectivity index (χ4n) is 2.43. The monoisotopic (exact) mass is 359 g/mol. The van der Waals surface area contributed by atoms with Crippen LogP contribution >= 0.6 is 0 Å². The second-order valence-corrected chi connectivity index (χ2v) is 5.72. The Morgan fingerprint density at radius 2 is 1.85 bits per heavy atom. The summed E-state index contributed by atoms with van der Waals surface area (Å²) in [4.78, 5) is 21.1. The summed E-state index contributed by atoms with van der Waals surface area (Å²) < 4.78 is 5.16. The molecule has 0 spiro atoms. The van der Waals surface area contributed by atoms with Crippen LogP contribution in [0, 0.1) is 18.3 Å². The second-order valence-electron chi connectivity index (χ2n) is 5.72. The summed E-state index contributed by atoms with van der Waals surface area (Å²) in [7, 11) is 1.56. The van der Waals surface area contributed by atoms with Crippen molar-refractivity contribution >= 4 is 23.2 Å². The Balaban J connectivity index is 1.81. The molecule has 3 rings (SSSR count). The zero-order chi connectivity index (χ0) is 19.2. The molecule has 3 aromatic rings. The molecule has 1 aromatic heterocycles. The molecular weight excluding hydrogens is 342 g/mol. The van der Waals surface area contributed by atoms with E-state index in [0.29, 0.717) is 28.4 Å². The molecule has 0 bridgehead atoms. The van der Waals surface area contributed by atoms with Crippen LogP contribution in [0.25, 0.3) is 0 Å². The van der Waals surface area contributed by atoms with E-state index in [4.69, 9.17) is 10.00 Å². The topological polar surface area (TPSA) is 99.9 Å². The number of benzene rings is 2. The third-order valence-corrected chi connectivity index (χ3v) is 3.66. The number of nitriles is 1. The molecule has 0 saturated carbocycles. The highest BCUT2D eigenvalue weighted by Gasteiger charge is 2.12. The van der Waals surface area contributed by atoms with Crippen molar-refractivity contribution in [3.63, 3.8) is 0 Å². The average Bonchev–Trinajstić information content (AvgIpc) is 2.67. The number of carbonyl (C=O) groups is 1. The van der Waals surface area contributed by atoms with E-state index in [1.165, 1.54) is 0 Å². The van der Waals surface area contributed by atoms with Crippen LogP contribution in [0.4, 0.5) is 17.3 Å². The van der Waals surface area contributed by atoms with Gasteiger partial charge in [-0.05, 0) is 43.3 Å².